The highest BCUT2D eigenvalue weighted by Gasteiger charge is 2.35. The van der Waals surface area contributed by atoms with Gasteiger partial charge in [0.2, 0.25) is 11.8 Å². The number of anilines is 1. The number of para-hydroxylation sites is 2. The average Bonchev–Trinajstić information content (AvgIpc) is 3.35. The largest absolute Gasteiger partial charge is 0.497 e. The third-order valence-electron chi connectivity index (χ3n) is 7.26. The van der Waals surface area contributed by atoms with Gasteiger partial charge in [-0.3, -0.25) is 14.5 Å². The molecule has 0 radical (unpaired) electrons. The first-order valence-electron chi connectivity index (χ1n) is 13.1. The van der Waals surface area contributed by atoms with Crippen LogP contribution in [0, 0.1) is 5.82 Å². The Morgan fingerprint density at radius 1 is 1.03 bits per heavy atom. The van der Waals surface area contributed by atoms with Gasteiger partial charge in [-0.1, -0.05) is 61.7 Å². The number of carbonyl (C=O) groups is 2. The molecule has 1 aromatic heterocycles. The lowest BCUT2D eigenvalue weighted by Gasteiger charge is -2.33. The molecule has 1 fully saturated rings. The molecular formula is C31H32FN3O3. The van der Waals surface area contributed by atoms with E-state index in [9.17, 15) is 9.59 Å². The number of rotatable bonds is 8. The third kappa shape index (κ3) is 5.42. The first-order valence-corrected chi connectivity index (χ1v) is 13.1. The highest BCUT2D eigenvalue weighted by molar-refractivity contribution is 6.03. The molecule has 2 N–H and O–H groups in total. The maximum atomic E-state index is 15.3. The Morgan fingerprint density at radius 2 is 1.79 bits per heavy atom. The number of H-pyrrole nitrogens is 1. The Morgan fingerprint density at radius 3 is 2.58 bits per heavy atom. The number of fused-ring (bicyclic) bond motifs is 1. The van der Waals surface area contributed by atoms with Crippen LogP contribution in [-0.2, 0) is 16.0 Å². The van der Waals surface area contributed by atoms with E-state index in [1.165, 1.54) is 11.0 Å². The molecule has 0 bridgehead atoms. The van der Waals surface area contributed by atoms with Gasteiger partial charge in [0.25, 0.3) is 0 Å². The first-order chi connectivity index (χ1) is 18.5. The van der Waals surface area contributed by atoms with Gasteiger partial charge in [0.1, 0.15) is 17.6 Å². The highest BCUT2D eigenvalue weighted by Crippen LogP contribution is 2.33. The van der Waals surface area contributed by atoms with Gasteiger partial charge in [-0.15, -0.1) is 0 Å². The van der Waals surface area contributed by atoms with E-state index in [1.807, 2.05) is 24.3 Å². The van der Waals surface area contributed by atoms with Crippen LogP contribution < -0.4 is 15.0 Å². The molecule has 5 rings (SSSR count). The van der Waals surface area contributed by atoms with Crippen LogP contribution in [0.25, 0.3) is 10.9 Å². The first kappa shape index (κ1) is 25.5. The quantitative estimate of drug-likeness (QED) is 0.300. The molecule has 1 heterocycles. The minimum Gasteiger partial charge on any atom is -0.497 e. The smallest absolute Gasteiger partial charge is 0.248 e. The molecule has 1 saturated carbocycles. The lowest BCUT2D eigenvalue weighted by molar-refractivity contribution is -0.127. The number of benzene rings is 3. The Hall–Kier alpha value is -4.13. The maximum absolute atomic E-state index is 15.3. The number of nitrogens with one attached hydrogen (secondary N) is 2. The number of ether oxygens (including phenoxy) is 1. The van der Waals surface area contributed by atoms with Crippen molar-refractivity contribution in [2.45, 2.75) is 50.6 Å². The summed E-state index contributed by atoms with van der Waals surface area (Å²) in [5.41, 5.74) is 2.30. The van der Waals surface area contributed by atoms with Crippen molar-refractivity contribution >= 4 is 28.4 Å². The SMILES string of the molecule is COc1cccc([C@@H](C(=O)NC2CCCCC2)N(C(=O)Cc2c[nH]c3ccccc23)c2ccccc2F)c1. The summed E-state index contributed by atoms with van der Waals surface area (Å²) in [4.78, 5) is 32.6. The third-order valence-corrected chi connectivity index (χ3v) is 7.26. The van der Waals surface area contributed by atoms with Crippen molar-refractivity contribution in [2.24, 2.45) is 0 Å². The average molecular weight is 514 g/mol. The molecule has 6 nitrogen and oxygen atoms in total. The summed E-state index contributed by atoms with van der Waals surface area (Å²) in [7, 11) is 1.55. The predicted molar refractivity (Wildman–Crippen MR) is 147 cm³/mol. The zero-order valence-electron chi connectivity index (χ0n) is 21.5. The van der Waals surface area contributed by atoms with Crippen LogP contribution in [0.4, 0.5) is 10.1 Å². The molecule has 0 unspecified atom stereocenters. The van der Waals surface area contributed by atoms with Crippen molar-refractivity contribution in [3.8, 4) is 5.75 Å². The number of halogens is 1. The molecule has 0 aliphatic heterocycles. The highest BCUT2D eigenvalue weighted by atomic mass is 19.1. The zero-order chi connectivity index (χ0) is 26.5. The van der Waals surface area contributed by atoms with E-state index in [2.05, 4.69) is 10.3 Å². The topological polar surface area (TPSA) is 74.4 Å². The van der Waals surface area contributed by atoms with Crippen molar-refractivity contribution in [2.75, 3.05) is 12.0 Å². The molecule has 7 heteroatoms. The van der Waals surface area contributed by atoms with Gasteiger partial charge in [0, 0.05) is 23.1 Å². The van der Waals surface area contributed by atoms with Gasteiger partial charge < -0.3 is 15.0 Å². The van der Waals surface area contributed by atoms with E-state index in [1.54, 1.807) is 55.8 Å². The van der Waals surface area contributed by atoms with Crippen molar-refractivity contribution in [3.05, 3.63) is 95.9 Å². The summed E-state index contributed by atoms with van der Waals surface area (Å²) in [5.74, 6) is -0.735. The number of methoxy groups -OCH3 is 1. The van der Waals surface area contributed by atoms with Crippen molar-refractivity contribution in [1.82, 2.24) is 10.3 Å². The monoisotopic (exact) mass is 513 g/mol. The van der Waals surface area contributed by atoms with Crippen molar-refractivity contribution in [3.63, 3.8) is 0 Å². The van der Waals surface area contributed by atoms with E-state index in [0.29, 0.717) is 11.3 Å². The molecule has 4 aromatic rings. The number of aromatic nitrogens is 1. The van der Waals surface area contributed by atoms with Gasteiger partial charge >= 0.3 is 0 Å². The van der Waals surface area contributed by atoms with Gasteiger partial charge in [0.15, 0.2) is 0 Å². The Bertz CT molecular complexity index is 1430. The Balaban J connectivity index is 1.58. The molecule has 3 aromatic carbocycles. The number of nitrogens with zero attached hydrogens (tertiary/aromatic N) is 1. The van der Waals surface area contributed by atoms with Gasteiger partial charge in [0.05, 0.1) is 19.2 Å². The Labute approximate surface area is 221 Å². The second-order valence-electron chi connectivity index (χ2n) is 9.77. The maximum Gasteiger partial charge on any atom is 0.248 e. The summed E-state index contributed by atoms with van der Waals surface area (Å²) in [6.45, 7) is 0. The fourth-order valence-corrected chi connectivity index (χ4v) is 5.35. The number of carbonyl (C=O) groups excluding carboxylic acids is 2. The minimum atomic E-state index is -1.08. The van der Waals surface area contributed by atoms with E-state index >= 15 is 4.39 Å². The van der Waals surface area contributed by atoms with Crippen LogP contribution in [0.3, 0.4) is 0 Å². The summed E-state index contributed by atoms with van der Waals surface area (Å²) >= 11 is 0. The molecule has 1 aliphatic carbocycles. The van der Waals surface area contributed by atoms with Crippen molar-refractivity contribution in [1.29, 1.82) is 0 Å². The van der Waals surface area contributed by atoms with Crippen LogP contribution in [-0.4, -0.2) is 29.9 Å². The number of hydrogen-bond donors (Lipinski definition) is 2. The lowest BCUT2D eigenvalue weighted by Crippen LogP contribution is -2.48. The van der Waals surface area contributed by atoms with Crippen LogP contribution in [0.2, 0.25) is 0 Å². The van der Waals surface area contributed by atoms with Gasteiger partial charge in [-0.2, -0.15) is 0 Å². The fraction of sp³-hybridized carbons (Fsp3) is 0.290. The van der Waals surface area contributed by atoms with Crippen molar-refractivity contribution < 1.29 is 18.7 Å². The predicted octanol–water partition coefficient (Wildman–Crippen LogP) is 6.08. The van der Waals surface area contributed by atoms with Crippen LogP contribution in [0.1, 0.15) is 49.3 Å². The molecule has 0 saturated heterocycles. The normalized spacial score (nSPS) is 14.7. The van der Waals surface area contributed by atoms with Crippen LogP contribution in [0.15, 0.2) is 79.0 Å². The number of aromatic amines is 1. The van der Waals surface area contributed by atoms with E-state index in [4.69, 9.17) is 4.74 Å². The second kappa shape index (κ2) is 11.5. The molecule has 1 atom stereocenters. The lowest BCUT2D eigenvalue weighted by atomic mass is 9.94. The second-order valence-corrected chi connectivity index (χ2v) is 9.77. The zero-order valence-corrected chi connectivity index (χ0v) is 21.5. The number of amides is 2. The summed E-state index contributed by atoms with van der Waals surface area (Å²) in [5, 5.41) is 4.08. The summed E-state index contributed by atoms with van der Waals surface area (Å²) < 4.78 is 20.7. The fourth-order valence-electron chi connectivity index (χ4n) is 5.35. The minimum absolute atomic E-state index is 0.00444. The molecule has 38 heavy (non-hydrogen) atoms. The van der Waals surface area contributed by atoms with E-state index < -0.39 is 11.9 Å². The van der Waals surface area contributed by atoms with Gasteiger partial charge in [-0.25, -0.2) is 4.39 Å². The molecule has 196 valence electrons. The Kier molecular flexibility index (Phi) is 7.73. The summed E-state index contributed by atoms with van der Waals surface area (Å²) in [6.07, 6.45) is 6.81. The van der Waals surface area contributed by atoms with E-state index in [-0.39, 0.29) is 30.0 Å². The molecule has 2 amide bonds. The van der Waals surface area contributed by atoms with Crippen LogP contribution >= 0.6 is 0 Å². The van der Waals surface area contributed by atoms with Crippen LogP contribution in [0.5, 0.6) is 5.75 Å². The molecular weight excluding hydrogens is 481 g/mol. The standard InChI is InChI=1S/C31H32FN3O3/c1-38-24-13-9-10-21(18-24)30(31(37)34-23-11-3-2-4-12-23)35(28-17-8-6-15-26(28)32)29(36)19-22-20-33-27-16-7-5-14-25(22)27/h5-10,13-18,20,23,30,33H,2-4,11-12,19H2,1H3,(H,34,37)/t30-/m0/s1. The van der Waals surface area contributed by atoms with Gasteiger partial charge in [-0.05, 0) is 54.3 Å². The molecule has 1 aliphatic rings. The number of hydrogen-bond acceptors (Lipinski definition) is 3. The molecule has 0 spiro atoms. The summed E-state index contributed by atoms with van der Waals surface area (Å²) in [6, 6.07) is 19.8. The van der Waals surface area contributed by atoms with E-state index in [0.717, 1.165) is 48.6 Å².